The Morgan fingerprint density at radius 3 is 2.72 bits per heavy atom. The number of rotatable bonds is 2. The highest BCUT2D eigenvalue weighted by Crippen LogP contribution is 2.27. The van der Waals surface area contributed by atoms with E-state index < -0.39 is 10.0 Å². The molecule has 18 heavy (non-hydrogen) atoms. The summed E-state index contributed by atoms with van der Waals surface area (Å²) in [6, 6.07) is 4.48. The maximum atomic E-state index is 12.5. The van der Waals surface area contributed by atoms with E-state index in [9.17, 15) is 8.42 Å². The Balaban J connectivity index is 2.37. The third-order valence-electron chi connectivity index (χ3n) is 2.81. The minimum Gasteiger partial charge on any atom is -0.315 e. The lowest BCUT2D eigenvalue weighted by atomic mass is 10.4. The lowest BCUT2D eigenvalue weighted by molar-refractivity contribution is 0.432. The lowest BCUT2D eigenvalue weighted by Crippen LogP contribution is -2.34. The van der Waals surface area contributed by atoms with Crippen LogP contribution in [-0.2, 0) is 10.0 Å². The van der Waals surface area contributed by atoms with Gasteiger partial charge in [0.25, 0.3) is 0 Å². The van der Waals surface area contributed by atoms with Crippen LogP contribution in [0.3, 0.4) is 0 Å². The van der Waals surface area contributed by atoms with Crippen molar-refractivity contribution in [1.29, 1.82) is 0 Å². The van der Waals surface area contributed by atoms with Gasteiger partial charge in [0.15, 0.2) is 0 Å². The molecule has 0 amide bonds. The van der Waals surface area contributed by atoms with E-state index in [1.54, 1.807) is 6.07 Å². The van der Waals surface area contributed by atoms with Crippen molar-refractivity contribution < 1.29 is 8.42 Å². The van der Waals surface area contributed by atoms with E-state index in [1.807, 2.05) is 0 Å². The zero-order chi connectivity index (χ0) is 13.2. The Labute approximate surface area is 117 Å². The molecule has 1 fully saturated rings. The summed E-state index contributed by atoms with van der Waals surface area (Å²) in [6.45, 7) is 2.43. The first-order chi connectivity index (χ1) is 8.51. The third kappa shape index (κ3) is 2.97. The molecule has 0 aliphatic carbocycles. The molecule has 0 atom stereocenters. The van der Waals surface area contributed by atoms with Gasteiger partial charge in [-0.1, -0.05) is 23.2 Å². The first-order valence-electron chi connectivity index (χ1n) is 5.68. The summed E-state index contributed by atoms with van der Waals surface area (Å²) in [5, 5.41) is 3.73. The Morgan fingerprint density at radius 2 is 1.94 bits per heavy atom. The largest absolute Gasteiger partial charge is 0.315 e. The first-order valence-corrected chi connectivity index (χ1v) is 7.87. The highest BCUT2D eigenvalue weighted by Gasteiger charge is 2.27. The van der Waals surface area contributed by atoms with Crippen LogP contribution >= 0.6 is 23.2 Å². The SMILES string of the molecule is O=S(=O)(c1cc(Cl)ccc1Cl)N1CCCNCC1. The van der Waals surface area contributed by atoms with Gasteiger partial charge < -0.3 is 5.32 Å². The number of nitrogens with zero attached hydrogens (tertiary/aromatic N) is 1. The summed E-state index contributed by atoms with van der Waals surface area (Å²) in [4.78, 5) is 0.0820. The van der Waals surface area contributed by atoms with Crippen LogP contribution in [0.15, 0.2) is 23.1 Å². The molecule has 2 rings (SSSR count). The summed E-state index contributed by atoms with van der Waals surface area (Å²) in [7, 11) is -3.56. The quantitative estimate of drug-likeness (QED) is 0.909. The molecule has 1 N–H and O–H groups in total. The van der Waals surface area contributed by atoms with Gasteiger partial charge in [0.05, 0.1) is 5.02 Å². The Morgan fingerprint density at radius 1 is 1.17 bits per heavy atom. The summed E-state index contributed by atoms with van der Waals surface area (Å²) in [6.07, 6.45) is 0.789. The Kier molecular flexibility index (Phi) is 4.50. The molecule has 1 aliphatic heterocycles. The molecule has 1 aromatic carbocycles. The van der Waals surface area contributed by atoms with Crippen molar-refractivity contribution in [1.82, 2.24) is 9.62 Å². The molecule has 1 aliphatic rings. The molecule has 1 heterocycles. The number of halogens is 2. The number of benzene rings is 1. The first kappa shape index (κ1) is 14.1. The highest BCUT2D eigenvalue weighted by molar-refractivity contribution is 7.89. The van der Waals surface area contributed by atoms with Gasteiger partial charge in [-0.2, -0.15) is 4.31 Å². The molecule has 1 saturated heterocycles. The fourth-order valence-corrected chi connectivity index (χ4v) is 4.09. The lowest BCUT2D eigenvalue weighted by Gasteiger charge is -2.20. The zero-order valence-electron chi connectivity index (χ0n) is 9.70. The van der Waals surface area contributed by atoms with Crippen LogP contribution in [0.1, 0.15) is 6.42 Å². The molecule has 4 nitrogen and oxygen atoms in total. The van der Waals surface area contributed by atoms with Crippen molar-refractivity contribution in [3.05, 3.63) is 28.2 Å². The Bertz CT molecular complexity index is 526. The normalized spacial score (nSPS) is 18.6. The highest BCUT2D eigenvalue weighted by atomic mass is 35.5. The van der Waals surface area contributed by atoms with Crippen molar-refractivity contribution in [2.45, 2.75) is 11.3 Å². The van der Waals surface area contributed by atoms with E-state index in [0.29, 0.717) is 24.7 Å². The molecule has 0 aromatic heterocycles. The van der Waals surface area contributed by atoms with Gasteiger partial charge in [-0.15, -0.1) is 0 Å². The molecule has 0 saturated carbocycles. The maximum absolute atomic E-state index is 12.5. The summed E-state index contributed by atoms with van der Waals surface area (Å²) in [5.74, 6) is 0. The van der Waals surface area contributed by atoms with Gasteiger partial charge in [-0.3, -0.25) is 0 Å². The van der Waals surface area contributed by atoms with E-state index in [-0.39, 0.29) is 9.92 Å². The monoisotopic (exact) mass is 308 g/mol. The van der Waals surface area contributed by atoms with Crippen LogP contribution in [0.5, 0.6) is 0 Å². The van der Waals surface area contributed by atoms with Crippen LogP contribution < -0.4 is 5.32 Å². The van der Waals surface area contributed by atoms with Gasteiger partial charge in [0.1, 0.15) is 4.90 Å². The average molecular weight is 309 g/mol. The number of hydrogen-bond acceptors (Lipinski definition) is 3. The smallest absolute Gasteiger partial charge is 0.244 e. The van der Waals surface area contributed by atoms with Crippen LogP contribution in [0.4, 0.5) is 0 Å². The predicted octanol–water partition coefficient (Wildman–Crippen LogP) is 1.98. The van der Waals surface area contributed by atoms with Crippen molar-refractivity contribution in [3.63, 3.8) is 0 Å². The fourth-order valence-electron chi connectivity index (χ4n) is 1.88. The molecule has 100 valence electrons. The molecule has 0 unspecified atom stereocenters. The van der Waals surface area contributed by atoms with Gasteiger partial charge in [0.2, 0.25) is 10.0 Å². The van der Waals surface area contributed by atoms with Crippen LogP contribution in [-0.4, -0.2) is 38.9 Å². The molecule has 1 aromatic rings. The predicted molar refractivity (Wildman–Crippen MR) is 72.7 cm³/mol. The Hall–Kier alpha value is -0.330. The minimum atomic E-state index is -3.56. The number of hydrogen-bond donors (Lipinski definition) is 1. The average Bonchev–Trinajstić information content (AvgIpc) is 2.61. The summed E-state index contributed by atoms with van der Waals surface area (Å²) >= 11 is 11.8. The van der Waals surface area contributed by atoms with Gasteiger partial charge >= 0.3 is 0 Å². The zero-order valence-corrected chi connectivity index (χ0v) is 12.0. The molecule has 7 heteroatoms. The van der Waals surface area contributed by atoms with Crippen molar-refractivity contribution >= 4 is 33.2 Å². The fraction of sp³-hybridized carbons (Fsp3) is 0.455. The van der Waals surface area contributed by atoms with Crippen molar-refractivity contribution in [2.24, 2.45) is 0 Å². The van der Waals surface area contributed by atoms with Crippen LogP contribution in [0.25, 0.3) is 0 Å². The standard InChI is InChI=1S/C11H14Cl2N2O2S/c12-9-2-3-10(13)11(8-9)18(16,17)15-6-1-4-14-5-7-15/h2-3,8,14H,1,4-7H2. The summed E-state index contributed by atoms with van der Waals surface area (Å²) in [5.41, 5.74) is 0. The second-order valence-electron chi connectivity index (χ2n) is 4.08. The van der Waals surface area contributed by atoms with Crippen LogP contribution in [0, 0.1) is 0 Å². The summed E-state index contributed by atoms with van der Waals surface area (Å²) < 4.78 is 26.4. The van der Waals surface area contributed by atoms with Gasteiger partial charge in [-0.05, 0) is 31.2 Å². The van der Waals surface area contributed by atoms with E-state index in [1.165, 1.54) is 16.4 Å². The van der Waals surface area contributed by atoms with E-state index in [2.05, 4.69) is 5.32 Å². The van der Waals surface area contributed by atoms with Crippen LogP contribution in [0.2, 0.25) is 10.0 Å². The third-order valence-corrected chi connectivity index (χ3v) is 5.43. The maximum Gasteiger partial charge on any atom is 0.244 e. The van der Waals surface area contributed by atoms with Gasteiger partial charge in [-0.25, -0.2) is 8.42 Å². The van der Waals surface area contributed by atoms with Gasteiger partial charge in [0, 0.05) is 24.7 Å². The van der Waals surface area contributed by atoms with Crippen molar-refractivity contribution in [3.8, 4) is 0 Å². The molecule has 0 bridgehead atoms. The van der Waals surface area contributed by atoms with E-state index in [4.69, 9.17) is 23.2 Å². The molecular weight excluding hydrogens is 295 g/mol. The second kappa shape index (κ2) is 5.75. The van der Waals surface area contributed by atoms with Crippen molar-refractivity contribution in [2.75, 3.05) is 26.2 Å². The van der Waals surface area contributed by atoms with E-state index in [0.717, 1.165) is 13.0 Å². The second-order valence-corrected chi connectivity index (χ2v) is 6.83. The molecule has 0 spiro atoms. The minimum absolute atomic E-state index is 0.0820. The number of nitrogens with one attached hydrogen (secondary N) is 1. The number of sulfonamides is 1. The van der Waals surface area contributed by atoms with E-state index >= 15 is 0 Å². The molecule has 0 radical (unpaired) electrons. The topological polar surface area (TPSA) is 49.4 Å². The molecular formula is C11H14Cl2N2O2S.